The maximum Gasteiger partial charge on any atom is 0.352 e. The molecular formula is C10H15NO2. The molecule has 0 radical (unpaired) electrons. The lowest BCUT2D eigenvalue weighted by atomic mass is 10.3. The molecule has 1 aromatic heterocycles. The van der Waals surface area contributed by atoms with Gasteiger partial charge < -0.3 is 9.67 Å². The van der Waals surface area contributed by atoms with E-state index in [1.807, 2.05) is 31.4 Å². The molecule has 0 saturated carbocycles. The summed E-state index contributed by atoms with van der Waals surface area (Å²) in [7, 11) is 0. The Bertz CT molecular complexity index is 313. The number of aromatic nitrogens is 1. The Hall–Kier alpha value is -1.25. The van der Waals surface area contributed by atoms with Crippen molar-refractivity contribution < 1.29 is 9.90 Å². The summed E-state index contributed by atoms with van der Waals surface area (Å²) < 4.78 is 1.86. The highest BCUT2D eigenvalue weighted by molar-refractivity contribution is 5.86. The van der Waals surface area contributed by atoms with E-state index in [0.717, 1.165) is 12.1 Å². The molecule has 0 spiro atoms. The normalized spacial score (nSPS) is 10.8. The molecule has 0 amide bonds. The Balaban J connectivity index is 3.22. The first-order chi connectivity index (χ1) is 6.07. The molecule has 72 valence electrons. The molecule has 3 heteroatoms. The van der Waals surface area contributed by atoms with Crippen LogP contribution in [0.2, 0.25) is 0 Å². The second-order valence-corrected chi connectivity index (χ2v) is 3.33. The van der Waals surface area contributed by atoms with E-state index in [1.54, 1.807) is 6.07 Å². The first-order valence-corrected chi connectivity index (χ1v) is 4.51. The van der Waals surface area contributed by atoms with Gasteiger partial charge in [-0.3, -0.25) is 0 Å². The summed E-state index contributed by atoms with van der Waals surface area (Å²) in [6.45, 7) is 6.01. The van der Waals surface area contributed by atoms with Crippen molar-refractivity contribution >= 4 is 5.97 Å². The summed E-state index contributed by atoms with van der Waals surface area (Å²) in [5, 5.41) is 8.90. The van der Waals surface area contributed by atoms with Gasteiger partial charge in [0.1, 0.15) is 5.69 Å². The molecule has 13 heavy (non-hydrogen) atoms. The van der Waals surface area contributed by atoms with E-state index in [-0.39, 0.29) is 6.04 Å². The maximum atomic E-state index is 10.8. The van der Waals surface area contributed by atoms with Gasteiger partial charge in [-0.15, -0.1) is 0 Å². The van der Waals surface area contributed by atoms with Crippen molar-refractivity contribution in [3.8, 4) is 0 Å². The monoisotopic (exact) mass is 181 g/mol. The minimum absolute atomic E-state index is 0.205. The minimum Gasteiger partial charge on any atom is -0.477 e. The molecule has 0 aliphatic heterocycles. The lowest BCUT2D eigenvalue weighted by molar-refractivity contribution is 0.0683. The fourth-order valence-electron chi connectivity index (χ4n) is 1.56. The summed E-state index contributed by atoms with van der Waals surface area (Å²) in [6, 6.07) is 3.75. The first kappa shape index (κ1) is 9.84. The van der Waals surface area contributed by atoms with Crippen LogP contribution in [0, 0.1) is 0 Å². The van der Waals surface area contributed by atoms with Crippen molar-refractivity contribution in [2.24, 2.45) is 0 Å². The standard InChI is InChI=1S/C10H15NO2/c1-4-8-5-6-9(10(12)13)11(8)7(2)3/h5-7H,4H2,1-3H3,(H,12,13). The van der Waals surface area contributed by atoms with E-state index >= 15 is 0 Å². The zero-order chi connectivity index (χ0) is 10.0. The molecule has 0 bridgehead atoms. The predicted octanol–water partition coefficient (Wildman–Crippen LogP) is 2.33. The molecule has 1 rings (SSSR count). The molecule has 3 nitrogen and oxygen atoms in total. The highest BCUT2D eigenvalue weighted by Gasteiger charge is 2.14. The average molecular weight is 181 g/mol. The van der Waals surface area contributed by atoms with Crippen LogP contribution in [0.4, 0.5) is 0 Å². The molecule has 0 fully saturated rings. The van der Waals surface area contributed by atoms with Gasteiger partial charge in [-0.2, -0.15) is 0 Å². The summed E-state index contributed by atoms with van der Waals surface area (Å²) in [5.41, 5.74) is 1.46. The lowest BCUT2D eigenvalue weighted by Gasteiger charge is -2.14. The minimum atomic E-state index is -0.853. The molecule has 0 unspecified atom stereocenters. The van der Waals surface area contributed by atoms with Gasteiger partial charge in [0.2, 0.25) is 0 Å². The number of carboxylic acids is 1. The van der Waals surface area contributed by atoms with Crippen LogP contribution in [0.5, 0.6) is 0 Å². The summed E-state index contributed by atoms with van der Waals surface area (Å²) in [5.74, 6) is -0.853. The van der Waals surface area contributed by atoms with Gasteiger partial charge in [0.05, 0.1) is 0 Å². The number of hydrogen-bond donors (Lipinski definition) is 1. The SMILES string of the molecule is CCc1ccc(C(=O)O)n1C(C)C. The van der Waals surface area contributed by atoms with Crippen LogP contribution in [-0.2, 0) is 6.42 Å². The highest BCUT2D eigenvalue weighted by Crippen LogP contribution is 2.16. The van der Waals surface area contributed by atoms with E-state index in [2.05, 4.69) is 0 Å². The Morgan fingerprint density at radius 3 is 2.54 bits per heavy atom. The summed E-state index contributed by atoms with van der Waals surface area (Å²) >= 11 is 0. The van der Waals surface area contributed by atoms with Crippen LogP contribution in [0.15, 0.2) is 12.1 Å². The van der Waals surface area contributed by atoms with E-state index in [1.165, 1.54) is 0 Å². The number of hydrogen-bond acceptors (Lipinski definition) is 1. The van der Waals surface area contributed by atoms with Gasteiger partial charge >= 0.3 is 5.97 Å². The van der Waals surface area contributed by atoms with Crippen molar-refractivity contribution in [3.05, 3.63) is 23.5 Å². The van der Waals surface area contributed by atoms with Gasteiger partial charge in [-0.05, 0) is 32.4 Å². The molecule has 0 atom stereocenters. The number of carboxylic acid groups (broad SMARTS) is 1. The number of aromatic carboxylic acids is 1. The van der Waals surface area contributed by atoms with Crippen LogP contribution in [0.3, 0.4) is 0 Å². The number of carbonyl (C=O) groups is 1. The number of rotatable bonds is 3. The molecule has 0 aromatic carbocycles. The third-order valence-electron chi connectivity index (χ3n) is 2.10. The van der Waals surface area contributed by atoms with Crippen molar-refractivity contribution in [2.75, 3.05) is 0 Å². The number of aryl methyl sites for hydroxylation is 1. The maximum absolute atomic E-state index is 10.8. The Morgan fingerprint density at radius 2 is 2.15 bits per heavy atom. The number of nitrogens with zero attached hydrogens (tertiary/aromatic N) is 1. The van der Waals surface area contributed by atoms with Gasteiger partial charge in [0, 0.05) is 11.7 Å². The molecule has 1 heterocycles. The molecular weight excluding hydrogens is 166 g/mol. The second kappa shape index (κ2) is 3.64. The Kier molecular flexibility index (Phi) is 2.76. The fourth-order valence-corrected chi connectivity index (χ4v) is 1.56. The average Bonchev–Trinajstić information content (AvgIpc) is 2.46. The van der Waals surface area contributed by atoms with Gasteiger partial charge in [0.15, 0.2) is 0 Å². The first-order valence-electron chi connectivity index (χ1n) is 4.51. The fraction of sp³-hybridized carbons (Fsp3) is 0.500. The molecule has 0 saturated heterocycles. The van der Waals surface area contributed by atoms with E-state index in [4.69, 9.17) is 5.11 Å². The van der Waals surface area contributed by atoms with Crippen molar-refractivity contribution in [3.63, 3.8) is 0 Å². The lowest BCUT2D eigenvalue weighted by Crippen LogP contribution is -2.12. The van der Waals surface area contributed by atoms with Crippen molar-refractivity contribution in [2.45, 2.75) is 33.2 Å². The largest absolute Gasteiger partial charge is 0.477 e. The van der Waals surface area contributed by atoms with Gasteiger partial charge in [0.25, 0.3) is 0 Å². The van der Waals surface area contributed by atoms with Crippen LogP contribution in [-0.4, -0.2) is 15.6 Å². The van der Waals surface area contributed by atoms with E-state index in [0.29, 0.717) is 5.69 Å². The third-order valence-corrected chi connectivity index (χ3v) is 2.10. The molecule has 1 aromatic rings. The topological polar surface area (TPSA) is 42.2 Å². The van der Waals surface area contributed by atoms with Crippen LogP contribution in [0.1, 0.15) is 43.0 Å². The van der Waals surface area contributed by atoms with Crippen LogP contribution >= 0.6 is 0 Å². The highest BCUT2D eigenvalue weighted by atomic mass is 16.4. The van der Waals surface area contributed by atoms with Gasteiger partial charge in [-0.25, -0.2) is 4.79 Å². The van der Waals surface area contributed by atoms with Crippen LogP contribution in [0.25, 0.3) is 0 Å². The van der Waals surface area contributed by atoms with E-state index in [9.17, 15) is 4.79 Å². The van der Waals surface area contributed by atoms with Crippen molar-refractivity contribution in [1.29, 1.82) is 0 Å². The summed E-state index contributed by atoms with van der Waals surface area (Å²) in [6.07, 6.45) is 0.867. The zero-order valence-corrected chi connectivity index (χ0v) is 8.24. The summed E-state index contributed by atoms with van der Waals surface area (Å²) in [4.78, 5) is 10.8. The Labute approximate surface area is 78.0 Å². The van der Waals surface area contributed by atoms with Crippen molar-refractivity contribution in [1.82, 2.24) is 4.57 Å². The smallest absolute Gasteiger partial charge is 0.352 e. The second-order valence-electron chi connectivity index (χ2n) is 3.33. The molecule has 1 N–H and O–H groups in total. The zero-order valence-electron chi connectivity index (χ0n) is 8.24. The molecule has 0 aliphatic rings. The molecule has 0 aliphatic carbocycles. The quantitative estimate of drug-likeness (QED) is 0.777. The van der Waals surface area contributed by atoms with Crippen LogP contribution < -0.4 is 0 Å². The predicted molar refractivity (Wildman–Crippen MR) is 51.2 cm³/mol. The third kappa shape index (κ3) is 1.74. The van der Waals surface area contributed by atoms with Gasteiger partial charge in [-0.1, -0.05) is 6.92 Å². The van der Waals surface area contributed by atoms with E-state index < -0.39 is 5.97 Å². The Morgan fingerprint density at radius 1 is 1.54 bits per heavy atom.